The van der Waals surface area contributed by atoms with Crippen LogP contribution in [0.1, 0.15) is 25.3 Å². The maximum absolute atomic E-state index is 2.54. The van der Waals surface area contributed by atoms with Gasteiger partial charge in [-0.2, -0.15) is 0 Å². The molecule has 2 rings (SSSR count). The number of hydrogen-bond acceptors (Lipinski definition) is 2. The van der Waals surface area contributed by atoms with E-state index in [-0.39, 0.29) is 0 Å². The van der Waals surface area contributed by atoms with Gasteiger partial charge >= 0.3 is 0 Å². The average Bonchev–Trinajstić information content (AvgIpc) is 2.42. The van der Waals surface area contributed by atoms with Crippen LogP contribution < -0.4 is 0 Å². The Balaban J connectivity index is 1.93. The van der Waals surface area contributed by atoms with Gasteiger partial charge in [0.05, 0.1) is 0 Å². The van der Waals surface area contributed by atoms with Crippen molar-refractivity contribution in [3.05, 3.63) is 41.5 Å². The molecule has 0 fully saturated rings. The fourth-order valence-electron chi connectivity index (χ4n) is 2.48. The van der Waals surface area contributed by atoms with Gasteiger partial charge in [-0.25, -0.2) is 0 Å². The van der Waals surface area contributed by atoms with Gasteiger partial charge < -0.3 is 0 Å². The smallest absolute Gasteiger partial charge is 0.0166 e. The van der Waals surface area contributed by atoms with Crippen molar-refractivity contribution in [2.45, 2.75) is 31.1 Å². The second-order valence-electron chi connectivity index (χ2n) is 4.94. The summed E-state index contributed by atoms with van der Waals surface area (Å²) in [4.78, 5) is 3.92. The third-order valence-electron chi connectivity index (χ3n) is 3.49. The molecule has 0 N–H and O–H groups in total. The number of thioether (sulfide) groups is 1. The van der Waals surface area contributed by atoms with Gasteiger partial charge in [0, 0.05) is 18.0 Å². The molecule has 0 unspecified atom stereocenters. The summed E-state index contributed by atoms with van der Waals surface area (Å²) in [6.45, 7) is 5.88. The van der Waals surface area contributed by atoms with Gasteiger partial charge in [0.25, 0.3) is 0 Å². The molecular formula is C16H23NS. The highest BCUT2D eigenvalue weighted by atomic mass is 32.2. The van der Waals surface area contributed by atoms with Gasteiger partial charge in [-0.15, -0.1) is 11.8 Å². The molecule has 1 aliphatic heterocycles. The molecule has 0 radical (unpaired) electrons. The van der Waals surface area contributed by atoms with E-state index < -0.39 is 0 Å². The molecule has 1 aromatic rings. The first-order valence-corrected chi connectivity index (χ1v) is 8.07. The Bertz CT molecular complexity index is 411. The minimum atomic E-state index is 1.13. The van der Waals surface area contributed by atoms with E-state index in [9.17, 15) is 0 Å². The molecule has 0 amide bonds. The third-order valence-corrected chi connectivity index (χ3v) is 4.22. The Morgan fingerprint density at radius 3 is 2.89 bits per heavy atom. The number of rotatable bonds is 5. The molecule has 0 saturated heterocycles. The fraction of sp³-hybridized carbons (Fsp3) is 0.500. The standard InChI is InChI=1S/C16H23NS/c1-3-9-17-10-7-14(8-11-17)12-15-5-4-6-16(13-15)18-2/h4-7,13H,3,8-12H2,1-2H3. The van der Waals surface area contributed by atoms with E-state index >= 15 is 0 Å². The Morgan fingerprint density at radius 1 is 1.33 bits per heavy atom. The summed E-state index contributed by atoms with van der Waals surface area (Å²) in [6, 6.07) is 8.93. The molecule has 98 valence electrons. The first kappa shape index (κ1) is 13.7. The molecule has 1 aromatic carbocycles. The van der Waals surface area contributed by atoms with Crippen LogP contribution in [-0.4, -0.2) is 30.8 Å². The fourth-order valence-corrected chi connectivity index (χ4v) is 2.96. The molecule has 0 aliphatic carbocycles. The summed E-state index contributed by atoms with van der Waals surface area (Å²) in [6.07, 6.45) is 8.21. The second-order valence-corrected chi connectivity index (χ2v) is 5.82. The molecule has 0 bridgehead atoms. The zero-order valence-corrected chi connectivity index (χ0v) is 12.3. The van der Waals surface area contributed by atoms with Crippen LogP contribution in [0.4, 0.5) is 0 Å². The van der Waals surface area contributed by atoms with E-state index in [0.717, 1.165) is 13.0 Å². The monoisotopic (exact) mass is 261 g/mol. The summed E-state index contributed by atoms with van der Waals surface area (Å²) in [5.74, 6) is 0. The second kappa shape index (κ2) is 7.01. The first-order chi connectivity index (χ1) is 8.81. The average molecular weight is 261 g/mol. The van der Waals surface area contributed by atoms with Crippen molar-refractivity contribution in [2.75, 3.05) is 25.9 Å². The lowest BCUT2D eigenvalue weighted by Crippen LogP contribution is -2.29. The molecule has 0 aromatic heterocycles. The molecule has 2 heteroatoms. The van der Waals surface area contributed by atoms with Crippen molar-refractivity contribution < 1.29 is 0 Å². The molecule has 0 saturated carbocycles. The van der Waals surface area contributed by atoms with Crippen molar-refractivity contribution in [1.82, 2.24) is 4.90 Å². The maximum atomic E-state index is 2.54. The van der Waals surface area contributed by atoms with Gasteiger partial charge in [-0.3, -0.25) is 4.90 Å². The van der Waals surface area contributed by atoms with E-state index in [1.807, 2.05) is 11.8 Å². The lowest BCUT2D eigenvalue weighted by Gasteiger charge is -2.25. The highest BCUT2D eigenvalue weighted by Gasteiger charge is 2.10. The minimum absolute atomic E-state index is 1.13. The molecule has 18 heavy (non-hydrogen) atoms. The highest BCUT2D eigenvalue weighted by molar-refractivity contribution is 7.98. The summed E-state index contributed by atoms with van der Waals surface area (Å²) in [5, 5.41) is 0. The van der Waals surface area contributed by atoms with Crippen LogP contribution >= 0.6 is 11.8 Å². The van der Waals surface area contributed by atoms with Crippen molar-refractivity contribution in [3.63, 3.8) is 0 Å². The predicted molar refractivity (Wildman–Crippen MR) is 81.4 cm³/mol. The van der Waals surface area contributed by atoms with Crippen LogP contribution in [-0.2, 0) is 6.42 Å². The Hall–Kier alpha value is -0.730. The minimum Gasteiger partial charge on any atom is -0.299 e. The Morgan fingerprint density at radius 2 is 2.22 bits per heavy atom. The number of hydrogen-bond donors (Lipinski definition) is 0. The number of nitrogens with zero attached hydrogens (tertiary/aromatic N) is 1. The van der Waals surface area contributed by atoms with Gasteiger partial charge in [0.15, 0.2) is 0 Å². The highest BCUT2D eigenvalue weighted by Crippen LogP contribution is 2.20. The topological polar surface area (TPSA) is 3.24 Å². The molecule has 1 aliphatic rings. The Kier molecular flexibility index (Phi) is 5.33. The number of benzene rings is 1. The SMILES string of the molecule is CCCN1CC=C(Cc2cccc(SC)c2)CC1. The first-order valence-electron chi connectivity index (χ1n) is 6.85. The summed E-state index contributed by atoms with van der Waals surface area (Å²) < 4.78 is 0. The lowest BCUT2D eigenvalue weighted by molar-refractivity contribution is 0.293. The summed E-state index contributed by atoms with van der Waals surface area (Å²) in [7, 11) is 0. The lowest BCUT2D eigenvalue weighted by atomic mass is 9.99. The third kappa shape index (κ3) is 3.89. The van der Waals surface area contributed by atoms with Crippen LogP contribution in [0.2, 0.25) is 0 Å². The van der Waals surface area contributed by atoms with Crippen molar-refractivity contribution in [1.29, 1.82) is 0 Å². The molecule has 0 spiro atoms. The van der Waals surface area contributed by atoms with Gasteiger partial charge in [-0.1, -0.05) is 30.7 Å². The molecule has 1 nitrogen and oxygen atoms in total. The van der Waals surface area contributed by atoms with Crippen LogP contribution in [0.15, 0.2) is 40.8 Å². The van der Waals surface area contributed by atoms with Crippen molar-refractivity contribution in [3.8, 4) is 0 Å². The van der Waals surface area contributed by atoms with E-state index in [1.165, 1.54) is 36.4 Å². The molecule has 1 heterocycles. The summed E-state index contributed by atoms with van der Waals surface area (Å²) >= 11 is 1.82. The zero-order valence-electron chi connectivity index (χ0n) is 11.5. The summed E-state index contributed by atoms with van der Waals surface area (Å²) in [5.41, 5.74) is 3.07. The largest absolute Gasteiger partial charge is 0.299 e. The van der Waals surface area contributed by atoms with Crippen LogP contribution in [0.5, 0.6) is 0 Å². The van der Waals surface area contributed by atoms with E-state index in [2.05, 4.69) is 48.4 Å². The van der Waals surface area contributed by atoms with Gasteiger partial charge in [-0.05, 0) is 49.8 Å². The van der Waals surface area contributed by atoms with Crippen LogP contribution in [0.25, 0.3) is 0 Å². The van der Waals surface area contributed by atoms with E-state index in [1.54, 1.807) is 5.57 Å². The van der Waals surface area contributed by atoms with Gasteiger partial charge in [0.1, 0.15) is 0 Å². The van der Waals surface area contributed by atoms with Crippen molar-refractivity contribution >= 4 is 11.8 Å². The van der Waals surface area contributed by atoms with Crippen LogP contribution in [0.3, 0.4) is 0 Å². The van der Waals surface area contributed by atoms with E-state index in [0.29, 0.717) is 0 Å². The maximum Gasteiger partial charge on any atom is 0.0166 e. The van der Waals surface area contributed by atoms with Crippen molar-refractivity contribution in [2.24, 2.45) is 0 Å². The van der Waals surface area contributed by atoms with Gasteiger partial charge in [0.2, 0.25) is 0 Å². The zero-order chi connectivity index (χ0) is 12.8. The van der Waals surface area contributed by atoms with Crippen LogP contribution in [0, 0.1) is 0 Å². The molecular weight excluding hydrogens is 238 g/mol. The molecule has 0 atom stereocenters. The Labute approximate surface area is 115 Å². The van der Waals surface area contributed by atoms with E-state index in [4.69, 9.17) is 0 Å². The normalized spacial score (nSPS) is 16.7. The quantitative estimate of drug-likeness (QED) is 0.582. The predicted octanol–water partition coefficient (Wildman–Crippen LogP) is 3.99.